The molecule has 6 rings (SSSR count). The normalized spacial score (nSPS) is 18.2. The number of aromatic nitrogens is 3. The van der Waals surface area contributed by atoms with Gasteiger partial charge in [-0.05, 0) is 49.2 Å². The van der Waals surface area contributed by atoms with Crippen LogP contribution in [0.5, 0.6) is 0 Å². The fourth-order valence-electron chi connectivity index (χ4n) is 5.25. The van der Waals surface area contributed by atoms with Gasteiger partial charge in [0.1, 0.15) is 18.2 Å². The number of fused-ring (bicyclic) bond motifs is 1. The predicted octanol–water partition coefficient (Wildman–Crippen LogP) is 3.92. The van der Waals surface area contributed by atoms with Crippen LogP contribution in [0.25, 0.3) is 11.0 Å². The highest BCUT2D eigenvalue weighted by Crippen LogP contribution is 2.26. The number of imidazole rings is 1. The number of nitriles is 1. The Morgan fingerprint density at radius 3 is 2.74 bits per heavy atom. The molecular weight excluding hydrogens is 553 g/mol. The number of pyridine rings is 1. The molecule has 1 saturated heterocycles. The molecule has 0 saturated carbocycles. The minimum Gasteiger partial charge on any atom is -0.473 e. The molecule has 1 unspecified atom stereocenters. The quantitative estimate of drug-likeness (QED) is 0.285. The van der Waals surface area contributed by atoms with Crippen LogP contribution in [0.2, 0.25) is 0 Å². The van der Waals surface area contributed by atoms with Crippen molar-refractivity contribution in [1.82, 2.24) is 14.1 Å². The van der Waals surface area contributed by atoms with Crippen molar-refractivity contribution in [2.45, 2.75) is 51.9 Å². The van der Waals surface area contributed by atoms with Crippen LogP contribution >= 0.6 is 0 Å². The number of aliphatic imine (C=N–C) groups is 1. The molecule has 10 nitrogen and oxygen atoms in total. The Hall–Kier alpha value is -4.63. The molecule has 0 radical (unpaired) electrons. The summed E-state index contributed by atoms with van der Waals surface area (Å²) in [5.41, 5.74) is 3.49. The lowest BCUT2D eigenvalue weighted by Crippen LogP contribution is -2.32. The van der Waals surface area contributed by atoms with E-state index in [0.29, 0.717) is 59.2 Å². The van der Waals surface area contributed by atoms with Crippen molar-refractivity contribution in [3.63, 3.8) is 0 Å². The standard InChI is InChI=1S/C32H30FN5O5/c1-19-2-7-29(43-18-23-4-3-20(15-34)12-25(23)33)36-31(19)21-8-10-37(30(39)14-21)17-28-35-26-6-5-22(32(40)41)13-27(26)38(28)16-24-9-11-42-24/h3-8,10,12-14,19,24,32,40-41H,2,9,11,16-18H2,1H3/t19?,24-/m0/s1. The van der Waals surface area contributed by atoms with E-state index in [0.717, 1.165) is 11.9 Å². The van der Waals surface area contributed by atoms with E-state index in [4.69, 9.17) is 19.7 Å². The summed E-state index contributed by atoms with van der Waals surface area (Å²) < 4.78 is 29.3. The smallest absolute Gasteiger partial charge is 0.251 e. The molecule has 0 amide bonds. The van der Waals surface area contributed by atoms with Gasteiger partial charge in [-0.2, -0.15) is 5.26 Å². The van der Waals surface area contributed by atoms with Gasteiger partial charge in [-0.15, -0.1) is 0 Å². The van der Waals surface area contributed by atoms with Crippen molar-refractivity contribution in [3.8, 4) is 6.07 Å². The molecule has 2 aliphatic rings. The molecule has 2 aliphatic heterocycles. The van der Waals surface area contributed by atoms with Gasteiger partial charge in [0.15, 0.2) is 6.29 Å². The monoisotopic (exact) mass is 583 g/mol. The summed E-state index contributed by atoms with van der Waals surface area (Å²) in [5, 5.41) is 28.3. The summed E-state index contributed by atoms with van der Waals surface area (Å²) in [5.74, 6) is 0.524. The maximum absolute atomic E-state index is 14.3. The molecular formula is C32H30FN5O5. The molecule has 0 aliphatic carbocycles. The lowest BCUT2D eigenvalue weighted by Gasteiger charge is -2.27. The molecule has 2 aromatic carbocycles. The SMILES string of the molecule is CC1CC=C(OCc2ccc(C#N)cc2F)N=C1c1ccn(Cc2nc3ccc(C(O)O)cc3n2C[C@@H]2CCO2)c(=O)c1. The zero-order valence-electron chi connectivity index (χ0n) is 23.5. The minimum absolute atomic E-state index is 0.0293. The van der Waals surface area contributed by atoms with Crippen LogP contribution in [0, 0.1) is 23.1 Å². The van der Waals surface area contributed by atoms with E-state index in [-0.39, 0.29) is 36.3 Å². The number of ether oxygens (including phenoxy) is 2. The van der Waals surface area contributed by atoms with E-state index in [2.05, 4.69) is 4.99 Å². The van der Waals surface area contributed by atoms with Gasteiger partial charge in [0.05, 0.1) is 47.6 Å². The molecule has 43 heavy (non-hydrogen) atoms. The number of aliphatic hydroxyl groups excluding tert-OH is 1. The van der Waals surface area contributed by atoms with Crippen LogP contribution in [0.15, 0.2) is 76.5 Å². The minimum atomic E-state index is -1.60. The molecule has 2 aromatic heterocycles. The molecule has 0 bridgehead atoms. The average molecular weight is 584 g/mol. The number of hydrogen-bond acceptors (Lipinski definition) is 8. The Morgan fingerprint density at radius 1 is 1.21 bits per heavy atom. The Bertz CT molecular complexity index is 1850. The Kier molecular flexibility index (Phi) is 7.90. The highest BCUT2D eigenvalue weighted by molar-refractivity contribution is 6.03. The molecule has 1 fully saturated rings. The second-order valence-corrected chi connectivity index (χ2v) is 10.8. The number of rotatable bonds is 9. The molecule has 4 aromatic rings. The van der Waals surface area contributed by atoms with Crippen molar-refractivity contribution in [3.05, 3.63) is 111 Å². The van der Waals surface area contributed by atoms with Gasteiger partial charge in [0.25, 0.3) is 5.56 Å². The van der Waals surface area contributed by atoms with Crippen molar-refractivity contribution in [1.29, 1.82) is 5.26 Å². The van der Waals surface area contributed by atoms with Crippen molar-refractivity contribution in [2.75, 3.05) is 6.61 Å². The zero-order chi connectivity index (χ0) is 30.1. The topological polar surface area (TPSA) is 135 Å². The fourth-order valence-corrected chi connectivity index (χ4v) is 5.25. The first-order valence-corrected chi connectivity index (χ1v) is 14.1. The van der Waals surface area contributed by atoms with Crippen molar-refractivity contribution >= 4 is 16.7 Å². The summed E-state index contributed by atoms with van der Waals surface area (Å²) in [6, 6.07) is 14.6. The van der Waals surface area contributed by atoms with Crippen molar-refractivity contribution in [2.24, 2.45) is 10.9 Å². The number of nitrogens with zero attached hydrogens (tertiary/aromatic N) is 5. The molecule has 220 valence electrons. The van der Waals surface area contributed by atoms with Crippen LogP contribution in [-0.4, -0.2) is 42.8 Å². The number of benzene rings is 2. The van der Waals surface area contributed by atoms with Crippen molar-refractivity contribution < 1.29 is 24.1 Å². The third kappa shape index (κ3) is 5.99. The van der Waals surface area contributed by atoms with E-state index in [1.807, 2.05) is 29.7 Å². The van der Waals surface area contributed by atoms with Gasteiger partial charge in [-0.3, -0.25) is 4.79 Å². The third-order valence-corrected chi connectivity index (χ3v) is 7.83. The van der Waals surface area contributed by atoms with Crippen LogP contribution in [0.3, 0.4) is 0 Å². The molecule has 4 heterocycles. The first kappa shape index (κ1) is 28.5. The third-order valence-electron chi connectivity index (χ3n) is 7.83. The first-order valence-electron chi connectivity index (χ1n) is 14.1. The zero-order valence-corrected chi connectivity index (χ0v) is 23.5. The average Bonchev–Trinajstić information content (AvgIpc) is 3.31. The predicted molar refractivity (Wildman–Crippen MR) is 155 cm³/mol. The van der Waals surface area contributed by atoms with Gasteiger partial charge in [0.2, 0.25) is 5.88 Å². The summed E-state index contributed by atoms with van der Waals surface area (Å²) >= 11 is 0. The molecule has 11 heteroatoms. The number of aliphatic hydroxyl groups is 2. The van der Waals surface area contributed by atoms with Crippen LogP contribution < -0.4 is 5.56 Å². The van der Waals surface area contributed by atoms with E-state index < -0.39 is 12.1 Å². The second-order valence-electron chi connectivity index (χ2n) is 10.8. The summed E-state index contributed by atoms with van der Waals surface area (Å²) in [4.78, 5) is 22.7. The summed E-state index contributed by atoms with van der Waals surface area (Å²) in [6.07, 6.45) is 3.54. The fraction of sp³-hybridized carbons (Fsp3) is 0.312. The number of hydrogen-bond donors (Lipinski definition) is 2. The largest absolute Gasteiger partial charge is 0.473 e. The van der Waals surface area contributed by atoms with Gasteiger partial charge in [-0.25, -0.2) is 14.4 Å². The Labute approximate surface area is 246 Å². The van der Waals surface area contributed by atoms with Gasteiger partial charge >= 0.3 is 0 Å². The Balaban J connectivity index is 1.23. The summed E-state index contributed by atoms with van der Waals surface area (Å²) in [7, 11) is 0. The van der Waals surface area contributed by atoms with Gasteiger partial charge in [-0.1, -0.05) is 19.1 Å². The highest BCUT2D eigenvalue weighted by Gasteiger charge is 2.23. The first-order chi connectivity index (χ1) is 20.8. The Morgan fingerprint density at radius 2 is 2.05 bits per heavy atom. The lowest BCUT2D eigenvalue weighted by molar-refractivity contribution is -0.0590. The molecule has 2 N–H and O–H groups in total. The maximum atomic E-state index is 14.3. The van der Waals surface area contributed by atoms with E-state index in [1.54, 1.807) is 35.0 Å². The van der Waals surface area contributed by atoms with Gasteiger partial charge < -0.3 is 28.8 Å². The van der Waals surface area contributed by atoms with Crippen LogP contribution in [0.4, 0.5) is 4.39 Å². The lowest BCUT2D eigenvalue weighted by atomic mass is 9.94. The van der Waals surface area contributed by atoms with Crippen LogP contribution in [0.1, 0.15) is 54.1 Å². The molecule has 0 spiro atoms. The maximum Gasteiger partial charge on any atom is 0.251 e. The highest BCUT2D eigenvalue weighted by atomic mass is 19.1. The van der Waals surface area contributed by atoms with Gasteiger partial charge in [0, 0.05) is 41.5 Å². The second kappa shape index (κ2) is 11.9. The number of halogens is 1. The van der Waals surface area contributed by atoms with E-state index >= 15 is 0 Å². The van der Waals surface area contributed by atoms with E-state index in [1.165, 1.54) is 18.2 Å². The van der Waals surface area contributed by atoms with Crippen LogP contribution in [-0.2, 0) is 29.2 Å². The molecule has 2 atom stereocenters. The number of allylic oxidation sites excluding steroid dienone is 1. The summed E-state index contributed by atoms with van der Waals surface area (Å²) in [6.45, 7) is 3.43. The van der Waals surface area contributed by atoms with E-state index in [9.17, 15) is 19.4 Å².